The molecular formula is C17H18F3N. The Hall–Kier alpha value is -1.81. The minimum absolute atomic E-state index is 0.165. The molecule has 0 aliphatic rings. The summed E-state index contributed by atoms with van der Waals surface area (Å²) in [5, 5.41) is 2.88. The van der Waals surface area contributed by atoms with Crippen LogP contribution >= 0.6 is 0 Å². The summed E-state index contributed by atoms with van der Waals surface area (Å²) in [6.07, 6.45) is 2.00. The second-order valence-electron chi connectivity index (χ2n) is 5.00. The van der Waals surface area contributed by atoms with E-state index in [9.17, 15) is 13.2 Å². The molecular weight excluding hydrogens is 275 g/mol. The van der Waals surface area contributed by atoms with Gasteiger partial charge in [-0.15, -0.1) is 0 Å². The highest BCUT2D eigenvalue weighted by atomic mass is 19.1. The molecule has 2 rings (SSSR count). The minimum Gasteiger partial charge on any atom is -0.309 e. The Morgan fingerprint density at radius 3 is 2.05 bits per heavy atom. The second kappa shape index (κ2) is 6.76. The van der Waals surface area contributed by atoms with E-state index in [-0.39, 0.29) is 5.56 Å². The van der Waals surface area contributed by atoms with Crippen molar-refractivity contribution in [2.24, 2.45) is 0 Å². The summed E-state index contributed by atoms with van der Waals surface area (Å²) >= 11 is 0. The molecule has 1 nitrogen and oxygen atoms in total. The maximum absolute atomic E-state index is 13.9. The van der Waals surface area contributed by atoms with Crippen LogP contribution in [0.2, 0.25) is 0 Å². The largest absolute Gasteiger partial charge is 0.309 e. The molecule has 0 aliphatic heterocycles. The Morgan fingerprint density at radius 1 is 1.00 bits per heavy atom. The monoisotopic (exact) mass is 293 g/mol. The smallest absolute Gasteiger partial charge is 0.134 e. The number of benzene rings is 2. The Kier molecular flexibility index (Phi) is 5.02. The van der Waals surface area contributed by atoms with Gasteiger partial charge in [-0.05, 0) is 24.6 Å². The lowest BCUT2D eigenvalue weighted by Crippen LogP contribution is -2.20. The quantitative estimate of drug-likeness (QED) is 0.863. The molecule has 0 aliphatic carbocycles. The third-order valence-electron chi connectivity index (χ3n) is 3.47. The molecule has 1 unspecified atom stereocenters. The van der Waals surface area contributed by atoms with Crippen molar-refractivity contribution < 1.29 is 13.2 Å². The zero-order valence-electron chi connectivity index (χ0n) is 12.1. The predicted molar refractivity (Wildman–Crippen MR) is 77.7 cm³/mol. The lowest BCUT2D eigenvalue weighted by Gasteiger charge is -2.19. The van der Waals surface area contributed by atoms with Gasteiger partial charge in [-0.1, -0.05) is 37.6 Å². The van der Waals surface area contributed by atoms with Gasteiger partial charge in [0.15, 0.2) is 0 Å². The maximum Gasteiger partial charge on any atom is 0.134 e. The highest BCUT2D eigenvalue weighted by molar-refractivity contribution is 5.35. The number of aryl methyl sites for hydroxylation is 1. The Balaban J connectivity index is 2.40. The van der Waals surface area contributed by atoms with Gasteiger partial charge in [-0.25, -0.2) is 13.2 Å². The molecule has 0 bridgehead atoms. The van der Waals surface area contributed by atoms with Crippen LogP contribution < -0.4 is 5.32 Å². The van der Waals surface area contributed by atoms with Gasteiger partial charge in [0.1, 0.15) is 17.5 Å². The zero-order valence-corrected chi connectivity index (χ0v) is 12.1. The van der Waals surface area contributed by atoms with E-state index in [0.29, 0.717) is 12.1 Å². The molecule has 0 saturated heterocycles. The fraction of sp³-hybridized carbons (Fsp3) is 0.294. The van der Waals surface area contributed by atoms with Crippen molar-refractivity contribution in [2.75, 3.05) is 7.05 Å². The van der Waals surface area contributed by atoms with Crippen molar-refractivity contribution in [1.29, 1.82) is 0 Å². The van der Waals surface area contributed by atoms with Crippen LogP contribution in [-0.2, 0) is 6.42 Å². The van der Waals surface area contributed by atoms with E-state index < -0.39 is 23.5 Å². The minimum atomic E-state index is -0.915. The number of nitrogens with one attached hydrogen (secondary N) is 1. The molecule has 112 valence electrons. The maximum atomic E-state index is 13.9. The van der Waals surface area contributed by atoms with Gasteiger partial charge in [-0.2, -0.15) is 0 Å². The Labute approximate surface area is 122 Å². The summed E-state index contributed by atoms with van der Waals surface area (Å²) in [5.41, 5.74) is 1.75. The number of rotatable bonds is 5. The van der Waals surface area contributed by atoms with Gasteiger partial charge in [-0.3, -0.25) is 0 Å². The van der Waals surface area contributed by atoms with Gasteiger partial charge in [0.2, 0.25) is 0 Å². The van der Waals surface area contributed by atoms with Crippen LogP contribution in [0.1, 0.15) is 36.1 Å². The molecule has 0 radical (unpaired) electrons. The predicted octanol–water partition coefficient (Wildman–Crippen LogP) is 4.37. The molecule has 0 aromatic heterocycles. The number of halogens is 3. The molecule has 0 saturated carbocycles. The topological polar surface area (TPSA) is 12.0 Å². The summed E-state index contributed by atoms with van der Waals surface area (Å²) in [4.78, 5) is 0. The molecule has 0 spiro atoms. The first kappa shape index (κ1) is 15.6. The summed E-state index contributed by atoms with van der Waals surface area (Å²) in [7, 11) is 1.62. The van der Waals surface area contributed by atoms with Crippen LogP contribution in [0.25, 0.3) is 0 Å². The van der Waals surface area contributed by atoms with Gasteiger partial charge in [0.25, 0.3) is 0 Å². The van der Waals surface area contributed by atoms with E-state index in [1.165, 1.54) is 5.56 Å². The lowest BCUT2D eigenvalue weighted by atomic mass is 9.96. The average molecular weight is 293 g/mol. The molecule has 0 fully saturated rings. The highest BCUT2D eigenvalue weighted by Crippen LogP contribution is 2.27. The number of hydrogen-bond donors (Lipinski definition) is 1. The first-order valence-electron chi connectivity index (χ1n) is 6.97. The van der Waals surface area contributed by atoms with Crippen molar-refractivity contribution in [3.05, 3.63) is 70.5 Å². The fourth-order valence-electron chi connectivity index (χ4n) is 2.47. The zero-order chi connectivity index (χ0) is 15.4. The van der Waals surface area contributed by atoms with Crippen LogP contribution in [0.5, 0.6) is 0 Å². The van der Waals surface area contributed by atoms with E-state index >= 15 is 0 Å². The van der Waals surface area contributed by atoms with Crippen molar-refractivity contribution >= 4 is 0 Å². The van der Waals surface area contributed by atoms with Crippen LogP contribution in [0.15, 0.2) is 36.4 Å². The molecule has 2 aromatic rings. The van der Waals surface area contributed by atoms with E-state index in [1.54, 1.807) is 7.05 Å². The van der Waals surface area contributed by atoms with E-state index in [0.717, 1.165) is 18.4 Å². The van der Waals surface area contributed by atoms with Gasteiger partial charge < -0.3 is 5.32 Å². The number of hydrogen-bond acceptors (Lipinski definition) is 1. The lowest BCUT2D eigenvalue weighted by molar-refractivity contribution is 0.500. The first-order valence-corrected chi connectivity index (χ1v) is 6.97. The molecule has 0 amide bonds. The van der Waals surface area contributed by atoms with Crippen LogP contribution in [0.3, 0.4) is 0 Å². The Bertz CT molecular complexity index is 585. The second-order valence-corrected chi connectivity index (χ2v) is 5.00. The van der Waals surface area contributed by atoms with Gasteiger partial charge in [0, 0.05) is 17.7 Å². The van der Waals surface area contributed by atoms with E-state index in [2.05, 4.69) is 12.2 Å². The molecule has 21 heavy (non-hydrogen) atoms. The summed E-state index contributed by atoms with van der Waals surface area (Å²) in [6, 6.07) is 8.33. The third kappa shape index (κ3) is 3.45. The third-order valence-corrected chi connectivity index (χ3v) is 3.47. The molecule has 1 atom stereocenters. The molecule has 0 heterocycles. The van der Waals surface area contributed by atoms with Gasteiger partial charge >= 0.3 is 0 Å². The summed E-state index contributed by atoms with van der Waals surface area (Å²) in [6.45, 7) is 2.09. The van der Waals surface area contributed by atoms with Crippen LogP contribution in [0.4, 0.5) is 13.2 Å². The molecule has 2 aromatic carbocycles. The first-order chi connectivity index (χ1) is 10.1. The van der Waals surface area contributed by atoms with E-state index in [4.69, 9.17) is 0 Å². The molecule has 1 N–H and O–H groups in total. The summed E-state index contributed by atoms with van der Waals surface area (Å²) in [5.74, 6) is -2.68. The standard InChI is InChI=1S/C17H18F3N/c1-3-4-11-5-7-12(8-6-11)17(21-2)16-14(19)9-13(18)10-15(16)20/h5-10,17,21H,3-4H2,1-2H3. The van der Waals surface area contributed by atoms with Crippen molar-refractivity contribution in [3.63, 3.8) is 0 Å². The average Bonchev–Trinajstić information content (AvgIpc) is 2.44. The highest BCUT2D eigenvalue weighted by Gasteiger charge is 2.21. The van der Waals surface area contributed by atoms with E-state index in [1.807, 2.05) is 24.3 Å². The van der Waals surface area contributed by atoms with Gasteiger partial charge in [0.05, 0.1) is 6.04 Å². The fourth-order valence-corrected chi connectivity index (χ4v) is 2.47. The van der Waals surface area contributed by atoms with Crippen molar-refractivity contribution in [3.8, 4) is 0 Å². The normalized spacial score (nSPS) is 12.4. The van der Waals surface area contributed by atoms with Crippen LogP contribution in [0, 0.1) is 17.5 Å². The van der Waals surface area contributed by atoms with Crippen molar-refractivity contribution in [2.45, 2.75) is 25.8 Å². The van der Waals surface area contributed by atoms with Crippen LogP contribution in [-0.4, -0.2) is 7.05 Å². The molecule has 4 heteroatoms. The SMILES string of the molecule is CCCc1ccc(C(NC)c2c(F)cc(F)cc2F)cc1. The Morgan fingerprint density at radius 2 is 1.57 bits per heavy atom. The summed E-state index contributed by atoms with van der Waals surface area (Å²) < 4.78 is 40.8. The van der Waals surface area contributed by atoms with Crippen molar-refractivity contribution in [1.82, 2.24) is 5.32 Å².